The summed E-state index contributed by atoms with van der Waals surface area (Å²) in [6.45, 7) is 3.44. The molecule has 2 aliphatic rings. The normalized spacial score (nSPS) is 26.8. The van der Waals surface area contributed by atoms with Gasteiger partial charge in [0.2, 0.25) is 5.95 Å². The van der Waals surface area contributed by atoms with Gasteiger partial charge in [-0.2, -0.15) is 10.1 Å². The molecule has 2 aliphatic heterocycles. The first kappa shape index (κ1) is 11.9. The average molecular weight is 250 g/mol. The van der Waals surface area contributed by atoms with E-state index < -0.39 is 0 Å². The molecule has 2 saturated heterocycles. The summed E-state index contributed by atoms with van der Waals surface area (Å²) in [5, 5.41) is 7.88. The Kier molecular flexibility index (Phi) is 3.22. The largest absolute Gasteiger partial charge is 0.368 e. The van der Waals surface area contributed by atoms with Gasteiger partial charge in [0.25, 0.3) is 0 Å². The lowest BCUT2D eigenvalue weighted by Crippen LogP contribution is -2.42. The van der Waals surface area contributed by atoms with Crippen molar-refractivity contribution < 1.29 is 0 Å². The Balaban J connectivity index is 1.77. The summed E-state index contributed by atoms with van der Waals surface area (Å²) in [4.78, 5) is 7.00. The molecule has 3 N–H and O–H groups in total. The zero-order chi connectivity index (χ0) is 12.5. The molecule has 0 aromatic carbocycles. The van der Waals surface area contributed by atoms with Crippen molar-refractivity contribution in [1.29, 1.82) is 0 Å². The molecule has 0 amide bonds. The third kappa shape index (κ3) is 2.10. The van der Waals surface area contributed by atoms with Crippen molar-refractivity contribution in [3.05, 3.63) is 5.82 Å². The molecule has 6 nitrogen and oxygen atoms in total. The second-order valence-corrected chi connectivity index (χ2v) is 5.33. The third-order valence-electron chi connectivity index (χ3n) is 4.18. The van der Waals surface area contributed by atoms with Crippen LogP contribution in [0.1, 0.15) is 37.5 Å². The number of nitrogens with zero attached hydrogens (tertiary/aromatic N) is 4. The second-order valence-electron chi connectivity index (χ2n) is 5.33. The number of hydrogen-bond donors (Lipinski definition) is 2. The van der Waals surface area contributed by atoms with Gasteiger partial charge in [0, 0.05) is 13.1 Å². The lowest BCUT2D eigenvalue weighted by molar-refractivity contribution is 0.143. The molecule has 100 valence electrons. The van der Waals surface area contributed by atoms with Crippen LogP contribution in [0.4, 0.5) is 5.95 Å². The number of aromatic nitrogens is 3. The number of nitrogen functional groups attached to an aromatic ring is 1. The molecular weight excluding hydrogens is 228 g/mol. The van der Waals surface area contributed by atoms with E-state index in [0.29, 0.717) is 18.0 Å². The van der Waals surface area contributed by atoms with Crippen molar-refractivity contribution in [1.82, 2.24) is 25.0 Å². The summed E-state index contributed by atoms with van der Waals surface area (Å²) < 4.78 is 1.67. The average Bonchev–Trinajstić information content (AvgIpc) is 2.98. The second kappa shape index (κ2) is 4.85. The Hall–Kier alpha value is -1.14. The lowest BCUT2D eigenvalue weighted by Gasteiger charge is -2.34. The Morgan fingerprint density at radius 1 is 1.28 bits per heavy atom. The minimum absolute atomic E-state index is 0.372. The molecular formula is C12H22N6. The molecule has 1 aromatic rings. The summed E-state index contributed by atoms with van der Waals surface area (Å²) in [5.74, 6) is 1.42. The van der Waals surface area contributed by atoms with Crippen LogP contribution in [0.2, 0.25) is 0 Å². The van der Waals surface area contributed by atoms with Gasteiger partial charge in [-0.3, -0.25) is 4.90 Å². The van der Waals surface area contributed by atoms with E-state index in [1.165, 1.54) is 25.8 Å². The highest BCUT2D eigenvalue weighted by Gasteiger charge is 2.34. The number of aryl methyl sites for hydroxylation is 1. The molecule has 18 heavy (non-hydrogen) atoms. The molecule has 1 aromatic heterocycles. The summed E-state index contributed by atoms with van der Waals surface area (Å²) in [6.07, 6.45) is 4.87. The van der Waals surface area contributed by atoms with E-state index in [-0.39, 0.29) is 0 Å². The number of anilines is 1. The summed E-state index contributed by atoms with van der Waals surface area (Å²) in [6, 6.07) is 1.06. The Morgan fingerprint density at radius 3 is 2.72 bits per heavy atom. The SMILES string of the molecule is Cn1nc(C2CCCN2C2CCNCC2)nc1N. The highest BCUT2D eigenvalue weighted by atomic mass is 15.4. The van der Waals surface area contributed by atoms with Gasteiger partial charge in [-0.05, 0) is 45.3 Å². The zero-order valence-corrected chi connectivity index (χ0v) is 11.0. The molecule has 0 aliphatic carbocycles. The predicted molar refractivity (Wildman–Crippen MR) is 70.0 cm³/mol. The van der Waals surface area contributed by atoms with Gasteiger partial charge in [-0.15, -0.1) is 0 Å². The standard InChI is InChI=1S/C12H22N6/c1-17-12(13)15-11(16-17)10-3-2-8-18(10)9-4-6-14-7-5-9/h9-10,14H,2-8H2,1H3,(H2,13,15,16). The number of piperidine rings is 1. The quantitative estimate of drug-likeness (QED) is 0.789. The number of nitrogens with two attached hydrogens (primary N) is 1. The summed E-state index contributed by atoms with van der Waals surface area (Å²) in [5.41, 5.74) is 5.79. The molecule has 0 radical (unpaired) electrons. The first-order valence-corrected chi connectivity index (χ1v) is 6.88. The first-order valence-electron chi connectivity index (χ1n) is 6.88. The van der Waals surface area contributed by atoms with Crippen molar-refractivity contribution >= 4 is 5.95 Å². The van der Waals surface area contributed by atoms with Crippen LogP contribution in [-0.2, 0) is 7.05 Å². The Morgan fingerprint density at radius 2 is 2.06 bits per heavy atom. The zero-order valence-electron chi connectivity index (χ0n) is 11.0. The van der Waals surface area contributed by atoms with E-state index in [2.05, 4.69) is 20.3 Å². The minimum atomic E-state index is 0.372. The van der Waals surface area contributed by atoms with E-state index in [1.54, 1.807) is 4.68 Å². The van der Waals surface area contributed by atoms with Gasteiger partial charge < -0.3 is 11.1 Å². The molecule has 3 rings (SSSR count). The topological polar surface area (TPSA) is 72.0 Å². The molecule has 2 fully saturated rings. The van der Waals surface area contributed by atoms with Crippen LogP contribution >= 0.6 is 0 Å². The Bertz CT molecular complexity index is 389. The molecule has 0 saturated carbocycles. The third-order valence-corrected chi connectivity index (χ3v) is 4.18. The van der Waals surface area contributed by atoms with Crippen LogP contribution < -0.4 is 11.1 Å². The van der Waals surface area contributed by atoms with Crippen molar-refractivity contribution in [2.24, 2.45) is 7.05 Å². The van der Waals surface area contributed by atoms with Crippen molar-refractivity contribution in [3.63, 3.8) is 0 Å². The van der Waals surface area contributed by atoms with Crippen molar-refractivity contribution in [3.8, 4) is 0 Å². The van der Waals surface area contributed by atoms with Gasteiger partial charge in [-0.1, -0.05) is 0 Å². The maximum atomic E-state index is 5.79. The minimum Gasteiger partial charge on any atom is -0.368 e. The maximum absolute atomic E-state index is 5.79. The van der Waals surface area contributed by atoms with Crippen LogP contribution in [0.15, 0.2) is 0 Å². The molecule has 6 heteroatoms. The Labute approximate surface area is 108 Å². The fourth-order valence-electron chi connectivity index (χ4n) is 3.20. The van der Waals surface area contributed by atoms with Gasteiger partial charge in [-0.25, -0.2) is 4.68 Å². The van der Waals surface area contributed by atoms with E-state index in [4.69, 9.17) is 5.73 Å². The van der Waals surface area contributed by atoms with Crippen LogP contribution in [0, 0.1) is 0 Å². The summed E-state index contributed by atoms with van der Waals surface area (Å²) in [7, 11) is 1.86. The number of nitrogens with one attached hydrogen (secondary N) is 1. The fraction of sp³-hybridized carbons (Fsp3) is 0.833. The maximum Gasteiger partial charge on any atom is 0.218 e. The van der Waals surface area contributed by atoms with Crippen molar-refractivity contribution in [2.45, 2.75) is 37.8 Å². The number of rotatable bonds is 2. The number of hydrogen-bond acceptors (Lipinski definition) is 5. The molecule has 1 unspecified atom stereocenters. The highest BCUT2D eigenvalue weighted by Crippen LogP contribution is 2.34. The molecule has 3 heterocycles. The predicted octanol–water partition coefficient (Wildman–Crippen LogP) is 0.286. The molecule has 0 spiro atoms. The number of likely N-dealkylation sites (tertiary alicyclic amines) is 1. The van der Waals surface area contributed by atoms with E-state index in [1.807, 2.05) is 7.05 Å². The molecule has 0 bridgehead atoms. The van der Waals surface area contributed by atoms with Gasteiger partial charge >= 0.3 is 0 Å². The smallest absolute Gasteiger partial charge is 0.218 e. The van der Waals surface area contributed by atoms with Crippen LogP contribution in [0.25, 0.3) is 0 Å². The summed E-state index contributed by atoms with van der Waals surface area (Å²) >= 11 is 0. The van der Waals surface area contributed by atoms with Crippen LogP contribution in [-0.4, -0.2) is 45.3 Å². The fourth-order valence-corrected chi connectivity index (χ4v) is 3.20. The van der Waals surface area contributed by atoms with Gasteiger partial charge in [0.15, 0.2) is 5.82 Å². The van der Waals surface area contributed by atoms with E-state index in [9.17, 15) is 0 Å². The highest BCUT2D eigenvalue weighted by molar-refractivity contribution is 5.17. The van der Waals surface area contributed by atoms with Gasteiger partial charge in [0.1, 0.15) is 0 Å². The lowest BCUT2D eigenvalue weighted by atomic mass is 10.0. The van der Waals surface area contributed by atoms with E-state index >= 15 is 0 Å². The van der Waals surface area contributed by atoms with E-state index in [0.717, 1.165) is 25.3 Å². The van der Waals surface area contributed by atoms with Crippen LogP contribution in [0.5, 0.6) is 0 Å². The van der Waals surface area contributed by atoms with Crippen molar-refractivity contribution in [2.75, 3.05) is 25.4 Å². The van der Waals surface area contributed by atoms with Gasteiger partial charge in [0.05, 0.1) is 6.04 Å². The first-order chi connectivity index (χ1) is 8.75. The monoisotopic (exact) mass is 250 g/mol. The van der Waals surface area contributed by atoms with Crippen LogP contribution in [0.3, 0.4) is 0 Å². The molecule has 1 atom stereocenters.